The average molecular weight is 288 g/mol. The molecular formula is C14H10ClN3O2. The zero-order valence-corrected chi connectivity index (χ0v) is 11.1. The van der Waals surface area contributed by atoms with Gasteiger partial charge >= 0.3 is 0 Å². The second kappa shape index (κ2) is 6.04. The Morgan fingerprint density at radius 1 is 1.30 bits per heavy atom. The van der Waals surface area contributed by atoms with Crippen LogP contribution in [0, 0.1) is 21.4 Å². The third kappa shape index (κ3) is 3.05. The molecule has 2 aromatic rings. The topological polar surface area (TPSA) is 79.0 Å². The quantitative estimate of drug-likeness (QED) is 0.686. The van der Waals surface area contributed by atoms with Crippen LogP contribution < -0.4 is 5.32 Å². The standard InChI is InChI=1S/C14H10ClN3O2/c15-13-5-2-6-14(18(19)20)12(13)9-17-11-4-1-3-10(7-11)8-16/h1-7,17H,9H2. The zero-order chi connectivity index (χ0) is 14.5. The van der Waals surface area contributed by atoms with Crippen LogP contribution in [0.5, 0.6) is 0 Å². The van der Waals surface area contributed by atoms with Gasteiger partial charge in [-0.1, -0.05) is 23.7 Å². The number of nitrogens with zero attached hydrogens (tertiary/aromatic N) is 2. The van der Waals surface area contributed by atoms with Gasteiger partial charge in [0.15, 0.2) is 0 Å². The van der Waals surface area contributed by atoms with Crippen LogP contribution in [0.1, 0.15) is 11.1 Å². The molecule has 1 N–H and O–H groups in total. The summed E-state index contributed by atoms with van der Waals surface area (Å²) in [4.78, 5) is 10.5. The van der Waals surface area contributed by atoms with Crippen LogP contribution in [0.25, 0.3) is 0 Å². The van der Waals surface area contributed by atoms with Gasteiger partial charge in [-0.05, 0) is 24.3 Å². The molecule has 0 atom stereocenters. The van der Waals surface area contributed by atoms with Crippen molar-refractivity contribution in [2.24, 2.45) is 0 Å². The number of rotatable bonds is 4. The van der Waals surface area contributed by atoms with Crippen LogP contribution >= 0.6 is 11.6 Å². The highest BCUT2D eigenvalue weighted by atomic mass is 35.5. The molecule has 0 amide bonds. The lowest BCUT2D eigenvalue weighted by Crippen LogP contribution is -2.04. The van der Waals surface area contributed by atoms with Crippen LogP contribution in [0.15, 0.2) is 42.5 Å². The highest BCUT2D eigenvalue weighted by Crippen LogP contribution is 2.27. The molecule has 20 heavy (non-hydrogen) atoms. The number of hydrogen-bond acceptors (Lipinski definition) is 4. The highest BCUT2D eigenvalue weighted by Gasteiger charge is 2.16. The number of anilines is 1. The van der Waals surface area contributed by atoms with Crippen LogP contribution in [0.3, 0.4) is 0 Å². The number of nitrogens with one attached hydrogen (secondary N) is 1. The van der Waals surface area contributed by atoms with Crippen molar-refractivity contribution in [3.8, 4) is 6.07 Å². The first-order valence-corrected chi connectivity index (χ1v) is 6.15. The van der Waals surface area contributed by atoms with Gasteiger partial charge in [0.2, 0.25) is 0 Å². The molecule has 2 aromatic carbocycles. The largest absolute Gasteiger partial charge is 0.381 e. The van der Waals surface area contributed by atoms with E-state index in [1.54, 1.807) is 36.4 Å². The fourth-order valence-electron chi connectivity index (χ4n) is 1.78. The maximum absolute atomic E-state index is 11.0. The van der Waals surface area contributed by atoms with Crippen molar-refractivity contribution in [1.29, 1.82) is 5.26 Å². The van der Waals surface area contributed by atoms with E-state index in [0.29, 0.717) is 21.8 Å². The van der Waals surface area contributed by atoms with Crippen molar-refractivity contribution >= 4 is 23.0 Å². The van der Waals surface area contributed by atoms with Crippen molar-refractivity contribution < 1.29 is 4.92 Å². The number of hydrogen-bond donors (Lipinski definition) is 1. The van der Waals surface area contributed by atoms with Gasteiger partial charge in [0.25, 0.3) is 5.69 Å². The number of halogens is 1. The lowest BCUT2D eigenvalue weighted by atomic mass is 10.1. The van der Waals surface area contributed by atoms with Gasteiger partial charge in [-0.15, -0.1) is 0 Å². The van der Waals surface area contributed by atoms with Crippen LogP contribution in [0.2, 0.25) is 5.02 Å². The summed E-state index contributed by atoms with van der Waals surface area (Å²) >= 11 is 6.00. The van der Waals surface area contributed by atoms with E-state index in [1.165, 1.54) is 6.07 Å². The van der Waals surface area contributed by atoms with Gasteiger partial charge in [-0.3, -0.25) is 10.1 Å². The minimum atomic E-state index is -0.464. The molecule has 0 spiro atoms. The van der Waals surface area contributed by atoms with E-state index in [2.05, 4.69) is 5.32 Å². The fourth-order valence-corrected chi connectivity index (χ4v) is 2.02. The molecule has 0 aliphatic carbocycles. The predicted octanol–water partition coefficient (Wildman–Crippen LogP) is 3.73. The summed E-state index contributed by atoms with van der Waals surface area (Å²) in [5.74, 6) is 0. The summed E-state index contributed by atoms with van der Waals surface area (Å²) < 4.78 is 0. The van der Waals surface area contributed by atoms with Gasteiger partial charge in [0.1, 0.15) is 0 Å². The minimum absolute atomic E-state index is 0.0264. The Hall–Kier alpha value is -2.58. The summed E-state index contributed by atoms with van der Waals surface area (Å²) in [6.45, 7) is 0.213. The molecule has 6 heteroatoms. The van der Waals surface area contributed by atoms with Gasteiger partial charge in [-0.25, -0.2) is 0 Å². The molecule has 0 saturated carbocycles. The fraction of sp³-hybridized carbons (Fsp3) is 0.0714. The molecule has 0 unspecified atom stereocenters. The van der Waals surface area contributed by atoms with E-state index < -0.39 is 4.92 Å². The number of nitriles is 1. The predicted molar refractivity (Wildman–Crippen MR) is 76.6 cm³/mol. The second-order valence-electron chi connectivity index (χ2n) is 4.04. The van der Waals surface area contributed by atoms with E-state index >= 15 is 0 Å². The zero-order valence-electron chi connectivity index (χ0n) is 10.3. The minimum Gasteiger partial charge on any atom is -0.381 e. The van der Waals surface area contributed by atoms with Crippen molar-refractivity contribution in [3.63, 3.8) is 0 Å². The first-order chi connectivity index (χ1) is 9.61. The lowest BCUT2D eigenvalue weighted by molar-refractivity contribution is -0.385. The van der Waals surface area contributed by atoms with E-state index in [1.807, 2.05) is 6.07 Å². The van der Waals surface area contributed by atoms with E-state index in [9.17, 15) is 10.1 Å². The third-order valence-electron chi connectivity index (χ3n) is 2.75. The van der Waals surface area contributed by atoms with Gasteiger partial charge in [-0.2, -0.15) is 5.26 Å². The Morgan fingerprint density at radius 3 is 2.75 bits per heavy atom. The lowest BCUT2D eigenvalue weighted by Gasteiger charge is -2.08. The molecule has 0 aliphatic heterocycles. The molecular weight excluding hydrogens is 278 g/mol. The molecule has 0 radical (unpaired) electrons. The summed E-state index contributed by atoms with van der Waals surface area (Å²) in [6.07, 6.45) is 0. The monoisotopic (exact) mass is 287 g/mol. The van der Waals surface area contributed by atoms with Crippen LogP contribution in [-0.2, 0) is 6.54 Å². The Kier molecular flexibility index (Phi) is 4.18. The summed E-state index contributed by atoms with van der Waals surface area (Å²) in [5, 5.41) is 23.1. The maximum Gasteiger partial charge on any atom is 0.275 e. The van der Waals surface area contributed by atoms with Crippen molar-refractivity contribution in [2.75, 3.05) is 5.32 Å². The molecule has 0 aromatic heterocycles. The number of nitro groups is 1. The maximum atomic E-state index is 11.0. The van der Waals surface area contributed by atoms with E-state index in [0.717, 1.165) is 0 Å². The molecule has 2 rings (SSSR count). The van der Waals surface area contributed by atoms with Gasteiger partial charge in [0, 0.05) is 18.3 Å². The molecule has 100 valence electrons. The smallest absolute Gasteiger partial charge is 0.275 e. The molecule has 0 bridgehead atoms. The Morgan fingerprint density at radius 2 is 2.05 bits per heavy atom. The Balaban J connectivity index is 2.23. The molecule has 0 aliphatic rings. The summed E-state index contributed by atoms with van der Waals surface area (Å²) in [6, 6.07) is 13.5. The normalized spacial score (nSPS) is 9.80. The highest BCUT2D eigenvalue weighted by molar-refractivity contribution is 6.31. The summed E-state index contributed by atoms with van der Waals surface area (Å²) in [7, 11) is 0. The van der Waals surface area contributed by atoms with Crippen LogP contribution in [-0.4, -0.2) is 4.92 Å². The van der Waals surface area contributed by atoms with Crippen molar-refractivity contribution in [2.45, 2.75) is 6.54 Å². The number of benzene rings is 2. The van der Waals surface area contributed by atoms with E-state index in [4.69, 9.17) is 16.9 Å². The van der Waals surface area contributed by atoms with Crippen LogP contribution in [0.4, 0.5) is 11.4 Å². The second-order valence-corrected chi connectivity index (χ2v) is 4.45. The Labute approximate surface area is 120 Å². The first kappa shape index (κ1) is 13.8. The van der Waals surface area contributed by atoms with E-state index in [-0.39, 0.29) is 12.2 Å². The SMILES string of the molecule is N#Cc1cccc(NCc2c(Cl)cccc2[N+](=O)[O-])c1. The summed E-state index contributed by atoms with van der Waals surface area (Å²) in [5.41, 5.74) is 1.62. The van der Waals surface area contributed by atoms with Gasteiger partial charge in [0.05, 0.1) is 27.1 Å². The molecule has 0 fully saturated rings. The Bertz CT molecular complexity index is 695. The molecule has 0 saturated heterocycles. The van der Waals surface area contributed by atoms with Crippen molar-refractivity contribution in [3.05, 3.63) is 68.7 Å². The van der Waals surface area contributed by atoms with Gasteiger partial charge < -0.3 is 5.32 Å². The average Bonchev–Trinajstić information content (AvgIpc) is 2.45. The number of nitro benzene ring substituents is 1. The first-order valence-electron chi connectivity index (χ1n) is 5.77. The van der Waals surface area contributed by atoms with Crippen molar-refractivity contribution in [1.82, 2.24) is 0 Å². The molecule has 5 nitrogen and oxygen atoms in total. The third-order valence-corrected chi connectivity index (χ3v) is 3.11. The molecule has 0 heterocycles.